The van der Waals surface area contributed by atoms with E-state index >= 15 is 0 Å². The molecule has 2 rings (SSSR count). The largest absolute Gasteiger partial charge is 0.383 e. The molecule has 1 aliphatic rings. The number of ether oxygens (including phenoxy) is 2. The van der Waals surface area contributed by atoms with E-state index in [2.05, 4.69) is 21.5 Å². The van der Waals surface area contributed by atoms with Gasteiger partial charge in [-0.15, -0.1) is 0 Å². The zero-order valence-corrected chi connectivity index (χ0v) is 11.3. The maximum absolute atomic E-state index is 5.41. The summed E-state index contributed by atoms with van der Waals surface area (Å²) in [6.07, 6.45) is 5.06. The first-order chi connectivity index (χ1) is 8.79. The van der Waals surface area contributed by atoms with Gasteiger partial charge in [-0.05, 0) is 19.4 Å². The lowest BCUT2D eigenvalue weighted by Crippen LogP contribution is -2.27. The van der Waals surface area contributed by atoms with E-state index in [0.717, 1.165) is 45.3 Å². The van der Waals surface area contributed by atoms with Crippen LogP contribution in [0.2, 0.25) is 0 Å². The fourth-order valence-corrected chi connectivity index (χ4v) is 2.36. The summed E-state index contributed by atoms with van der Waals surface area (Å²) in [5, 5.41) is 0. The summed E-state index contributed by atoms with van der Waals surface area (Å²) in [6.45, 7) is 5.38. The Morgan fingerprint density at radius 3 is 3.22 bits per heavy atom. The summed E-state index contributed by atoms with van der Waals surface area (Å²) in [5.41, 5.74) is 0. The van der Waals surface area contributed by atoms with E-state index < -0.39 is 0 Å². The van der Waals surface area contributed by atoms with Crippen molar-refractivity contribution in [2.24, 2.45) is 5.92 Å². The average Bonchev–Trinajstić information content (AvgIpc) is 2.98. The van der Waals surface area contributed by atoms with Crippen LogP contribution in [0.15, 0.2) is 12.4 Å². The maximum Gasteiger partial charge on any atom is 0.122 e. The molecule has 1 saturated heterocycles. The molecule has 5 heteroatoms. The highest BCUT2D eigenvalue weighted by atomic mass is 16.5. The Labute approximate surface area is 109 Å². The number of hydrogen-bond acceptors (Lipinski definition) is 4. The van der Waals surface area contributed by atoms with Crippen LogP contribution in [-0.2, 0) is 22.6 Å². The molecule has 0 spiro atoms. The molecule has 0 aromatic carbocycles. The third kappa shape index (κ3) is 3.80. The Balaban J connectivity index is 1.81. The van der Waals surface area contributed by atoms with Crippen LogP contribution >= 0.6 is 0 Å². The Kier molecular flexibility index (Phi) is 5.16. The van der Waals surface area contributed by atoms with Crippen molar-refractivity contribution in [3.63, 3.8) is 0 Å². The quantitative estimate of drug-likeness (QED) is 0.727. The van der Waals surface area contributed by atoms with Gasteiger partial charge in [0.15, 0.2) is 0 Å². The summed E-state index contributed by atoms with van der Waals surface area (Å²) in [4.78, 5) is 6.74. The van der Waals surface area contributed by atoms with Crippen molar-refractivity contribution in [1.82, 2.24) is 14.5 Å². The molecule has 0 radical (unpaired) electrons. The average molecular weight is 253 g/mol. The third-order valence-corrected chi connectivity index (χ3v) is 3.34. The molecule has 18 heavy (non-hydrogen) atoms. The maximum atomic E-state index is 5.41. The molecule has 102 valence electrons. The van der Waals surface area contributed by atoms with Crippen LogP contribution in [0.1, 0.15) is 12.2 Å². The van der Waals surface area contributed by atoms with Crippen molar-refractivity contribution in [2.75, 3.05) is 40.5 Å². The molecule has 2 heterocycles. The molecule has 0 unspecified atom stereocenters. The number of imidazole rings is 1. The van der Waals surface area contributed by atoms with E-state index in [1.165, 1.54) is 6.42 Å². The summed E-state index contributed by atoms with van der Waals surface area (Å²) in [7, 11) is 3.87. The molecule has 1 fully saturated rings. The lowest BCUT2D eigenvalue weighted by molar-refractivity contribution is 0.170. The van der Waals surface area contributed by atoms with E-state index in [1.54, 1.807) is 7.11 Å². The lowest BCUT2D eigenvalue weighted by Gasteiger charge is -2.20. The topological polar surface area (TPSA) is 39.5 Å². The normalized spacial score (nSPS) is 19.8. The second-order valence-electron chi connectivity index (χ2n) is 4.96. The predicted molar refractivity (Wildman–Crippen MR) is 69.4 cm³/mol. The molecule has 0 bridgehead atoms. The van der Waals surface area contributed by atoms with Crippen LogP contribution in [0.4, 0.5) is 0 Å². The highest BCUT2D eigenvalue weighted by Crippen LogP contribution is 2.14. The summed E-state index contributed by atoms with van der Waals surface area (Å²) >= 11 is 0. The fraction of sp³-hybridized carbons (Fsp3) is 0.769. The Bertz CT molecular complexity index is 348. The van der Waals surface area contributed by atoms with Crippen LogP contribution in [0.3, 0.4) is 0 Å². The highest BCUT2D eigenvalue weighted by Gasteiger charge is 2.18. The van der Waals surface area contributed by atoms with Gasteiger partial charge in [0.1, 0.15) is 5.82 Å². The second kappa shape index (κ2) is 6.87. The number of nitrogens with zero attached hydrogens (tertiary/aromatic N) is 3. The van der Waals surface area contributed by atoms with Crippen molar-refractivity contribution in [3.8, 4) is 0 Å². The predicted octanol–water partition coefficient (Wildman–Crippen LogP) is 0.998. The number of hydrogen-bond donors (Lipinski definition) is 0. The van der Waals surface area contributed by atoms with Gasteiger partial charge in [0.25, 0.3) is 0 Å². The van der Waals surface area contributed by atoms with E-state index in [0.29, 0.717) is 5.92 Å². The van der Waals surface area contributed by atoms with Gasteiger partial charge in [0, 0.05) is 39.2 Å². The van der Waals surface area contributed by atoms with Gasteiger partial charge in [0.05, 0.1) is 19.8 Å². The summed E-state index contributed by atoms with van der Waals surface area (Å²) in [5.74, 6) is 1.78. The summed E-state index contributed by atoms with van der Waals surface area (Å²) in [6, 6.07) is 0. The van der Waals surface area contributed by atoms with Crippen LogP contribution in [0.25, 0.3) is 0 Å². The third-order valence-electron chi connectivity index (χ3n) is 3.34. The first kappa shape index (κ1) is 13.5. The van der Waals surface area contributed by atoms with Gasteiger partial charge >= 0.3 is 0 Å². The SMILES string of the molecule is COCCn1ccnc1CN(C)C[C@H]1CCOC1. The minimum Gasteiger partial charge on any atom is -0.383 e. The lowest BCUT2D eigenvalue weighted by atomic mass is 10.1. The molecule has 0 N–H and O–H groups in total. The Hall–Kier alpha value is -0.910. The molecule has 0 saturated carbocycles. The minimum absolute atomic E-state index is 0.678. The van der Waals surface area contributed by atoms with Crippen molar-refractivity contribution in [2.45, 2.75) is 19.5 Å². The molecule has 0 amide bonds. The van der Waals surface area contributed by atoms with Gasteiger partial charge in [-0.3, -0.25) is 4.90 Å². The van der Waals surface area contributed by atoms with Crippen LogP contribution in [-0.4, -0.2) is 55.0 Å². The minimum atomic E-state index is 0.678. The van der Waals surface area contributed by atoms with Crippen molar-refractivity contribution in [3.05, 3.63) is 18.2 Å². The molecule has 0 aliphatic carbocycles. The monoisotopic (exact) mass is 253 g/mol. The van der Waals surface area contributed by atoms with Gasteiger partial charge < -0.3 is 14.0 Å². The number of rotatable bonds is 7. The molecule has 5 nitrogen and oxygen atoms in total. The van der Waals surface area contributed by atoms with E-state index in [4.69, 9.17) is 9.47 Å². The van der Waals surface area contributed by atoms with E-state index in [-0.39, 0.29) is 0 Å². The standard InChI is InChI=1S/C13H23N3O2/c1-15(9-12-3-7-18-11-12)10-13-14-4-5-16(13)6-8-17-2/h4-5,12H,3,6-11H2,1-2H3/t12-/m1/s1. The van der Waals surface area contributed by atoms with Crippen molar-refractivity contribution >= 4 is 0 Å². The number of methoxy groups -OCH3 is 1. The Morgan fingerprint density at radius 2 is 2.50 bits per heavy atom. The molecule has 1 aliphatic heterocycles. The molecule has 1 atom stereocenters. The van der Waals surface area contributed by atoms with Gasteiger partial charge in [0.2, 0.25) is 0 Å². The zero-order chi connectivity index (χ0) is 12.8. The van der Waals surface area contributed by atoms with E-state index in [9.17, 15) is 0 Å². The van der Waals surface area contributed by atoms with Crippen molar-refractivity contribution < 1.29 is 9.47 Å². The Morgan fingerprint density at radius 1 is 1.61 bits per heavy atom. The van der Waals surface area contributed by atoms with Crippen LogP contribution < -0.4 is 0 Å². The second-order valence-corrected chi connectivity index (χ2v) is 4.96. The molecule has 1 aromatic rings. The van der Waals surface area contributed by atoms with Gasteiger partial charge in [-0.1, -0.05) is 0 Å². The molecular formula is C13H23N3O2. The highest BCUT2D eigenvalue weighted by molar-refractivity contribution is 4.92. The van der Waals surface area contributed by atoms with Crippen LogP contribution in [0, 0.1) is 5.92 Å². The van der Waals surface area contributed by atoms with Gasteiger partial charge in [-0.25, -0.2) is 4.98 Å². The van der Waals surface area contributed by atoms with Crippen molar-refractivity contribution in [1.29, 1.82) is 0 Å². The summed E-state index contributed by atoms with van der Waals surface area (Å²) < 4.78 is 12.7. The smallest absolute Gasteiger partial charge is 0.122 e. The van der Waals surface area contributed by atoms with E-state index in [1.807, 2.05) is 12.4 Å². The van der Waals surface area contributed by atoms with Crippen LogP contribution in [0.5, 0.6) is 0 Å². The van der Waals surface area contributed by atoms with Gasteiger partial charge in [-0.2, -0.15) is 0 Å². The molecule has 1 aromatic heterocycles. The first-order valence-corrected chi connectivity index (χ1v) is 6.55. The zero-order valence-electron chi connectivity index (χ0n) is 11.3. The fourth-order valence-electron chi connectivity index (χ4n) is 2.36. The number of aromatic nitrogens is 2. The first-order valence-electron chi connectivity index (χ1n) is 6.55. The molecular weight excluding hydrogens is 230 g/mol.